The molecule has 0 radical (unpaired) electrons. The van der Waals surface area contributed by atoms with Gasteiger partial charge in [-0.15, -0.1) is 0 Å². The number of nitro benzene ring substituents is 2. The predicted molar refractivity (Wildman–Crippen MR) is 69.0 cm³/mol. The Morgan fingerprint density at radius 2 is 1.74 bits per heavy atom. The van der Waals surface area contributed by atoms with Gasteiger partial charge < -0.3 is 5.32 Å². The van der Waals surface area contributed by atoms with Crippen LogP contribution in [0.4, 0.5) is 11.4 Å². The van der Waals surface area contributed by atoms with Gasteiger partial charge in [-0.05, 0) is 43.8 Å². The quantitative estimate of drug-likeness (QED) is 0.663. The van der Waals surface area contributed by atoms with Crippen LogP contribution in [0.2, 0.25) is 0 Å². The first-order valence-electron chi connectivity index (χ1n) is 6.20. The first-order chi connectivity index (χ1) is 9.08. The van der Waals surface area contributed by atoms with Gasteiger partial charge in [0.15, 0.2) is 0 Å². The van der Waals surface area contributed by atoms with Crippen molar-refractivity contribution in [2.45, 2.75) is 19.3 Å². The molecule has 0 aliphatic carbocycles. The van der Waals surface area contributed by atoms with Crippen molar-refractivity contribution in [2.24, 2.45) is 5.92 Å². The molecule has 0 bridgehead atoms. The zero-order chi connectivity index (χ0) is 13.8. The summed E-state index contributed by atoms with van der Waals surface area (Å²) < 4.78 is 0. The van der Waals surface area contributed by atoms with E-state index >= 15 is 0 Å². The lowest BCUT2D eigenvalue weighted by Crippen LogP contribution is -2.28. The van der Waals surface area contributed by atoms with Crippen molar-refractivity contribution in [2.75, 3.05) is 13.1 Å². The van der Waals surface area contributed by atoms with Gasteiger partial charge in [0, 0.05) is 12.1 Å². The SMILES string of the molecule is O=[N+]([O-])c1ccc(CC2CCNCC2)cc1[N+](=O)[O-]. The third kappa shape index (κ3) is 3.25. The van der Waals surface area contributed by atoms with Crippen LogP contribution in [0.5, 0.6) is 0 Å². The van der Waals surface area contributed by atoms with Crippen LogP contribution in [0, 0.1) is 26.1 Å². The molecular formula is C12H15N3O4. The van der Waals surface area contributed by atoms with E-state index in [1.54, 1.807) is 6.07 Å². The predicted octanol–water partition coefficient (Wildman–Crippen LogP) is 2.05. The van der Waals surface area contributed by atoms with Crippen LogP contribution in [0.15, 0.2) is 18.2 Å². The average molecular weight is 265 g/mol. The number of nitrogens with zero attached hydrogens (tertiary/aromatic N) is 2. The molecule has 1 N–H and O–H groups in total. The number of benzene rings is 1. The first-order valence-corrected chi connectivity index (χ1v) is 6.20. The number of nitro groups is 2. The van der Waals surface area contributed by atoms with Gasteiger partial charge in [-0.25, -0.2) is 0 Å². The summed E-state index contributed by atoms with van der Waals surface area (Å²) in [6.07, 6.45) is 2.80. The van der Waals surface area contributed by atoms with Crippen LogP contribution >= 0.6 is 0 Å². The van der Waals surface area contributed by atoms with Crippen LogP contribution in [-0.4, -0.2) is 22.9 Å². The van der Waals surface area contributed by atoms with E-state index < -0.39 is 21.2 Å². The van der Waals surface area contributed by atoms with E-state index in [0.717, 1.165) is 37.9 Å². The van der Waals surface area contributed by atoms with Crippen LogP contribution in [-0.2, 0) is 6.42 Å². The van der Waals surface area contributed by atoms with Crippen LogP contribution in [0.1, 0.15) is 18.4 Å². The smallest absolute Gasteiger partial charge is 0.317 e. The summed E-state index contributed by atoms with van der Waals surface area (Å²) in [5.41, 5.74) is -0.0697. The highest BCUT2D eigenvalue weighted by Gasteiger charge is 2.24. The van der Waals surface area contributed by atoms with Crippen LogP contribution < -0.4 is 5.32 Å². The number of hydrogen-bond acceptors (Lipinski definition) is 5. The molecular weight excluding hydrogens is 250 g/mol. The molecule has 0 spiro atoms. The van der Waals surface area contributed by atoms with Gasteiger partial charge in [0.2, 0.25) is 0 Å². The first kappa shape index (κ1) is 13.4. The zero-order valence-corrected chi connectivity index (χ0v) is 10.4. The van der Waals surface area contributed by atoms with Gasteiger partial charge in [-0.1, -0.05) is 6.07 Å². The lowest BCUT2D eigenvalue weighted by atomic mass is 9.91. The summed E-state index contributed by atoms with van der Waals surface area (Å²) in [6, 6.07) is 4.18. The fourth-order valence-electron chi connectivity index (χ4n) is 2.42. The lowest BCUT2D eigenvalue weighted by Gasteiger charge is -2.22. The molecule has 102 valence electrons. The van der Waals surface area contributed by atoms with Crippen molar-refractivity contribution in [1.82, 2.24) is 5.32 Å². The largest absolute Gasteiger partial charge is 0.346 e. The van der Waals surface area contributed by atoms with E-state index in [9.17, 15) is 20.2 Å². The lowest BCUT2D eigenvalue weighted by molar-refractivity contribution is -0.422. The second-order valence-electron chi connectivity index (χ2n) is 4.73. The summed E-state index contributed by atoms with van der Waals surface area (Å²) in [6.45, 7) is 1.92. The van der Waals surface area contributed by atoms with E-state index in [4.69, 9.17) is 0 Å². The Labute approximate surface area is 109 Å². The zero-order valence-electron chi connectivity index (χ0n) is 10.4. The highest BCUT2D eigenvalue weighted by molar-refractivity contribution is 5.54. The van der Waals surface area contributed by atoms with Gasteiger partial charge in [0.05, 0.1) is 9.85 Å². The van der Waals surface area contributed by atoms with E-state index in [0.29, 0.717) is 5.92 Å². The molecule has 1 fully saturated rings. The molecule has 1 heterocycles. The topological polar surface area (TPSA) is 98.3 Å². The van der Waals surface area contributed by atoms with Crippen molar-refractivity contribution in [3.8, 4) is 0 Å². The van der Waals surface area contributed by atoms with Gasteiger partial charge in [-0.2, -0.15) is 0 Å². The molecule has 0 saturated carbocycles. The Kier molecular flexibility index (Phi) is 4.06. The highest BCUT2D eigenvalue weighted by atomic mass is 16.6. The molecule has 7 heteroatoms. The molecule has 0 atom stereocenters. The summed E-state index contributed by atoms with van der Waals surface area (Å²) >= 11 is 0. The van der Waals surface area contributed by atoms with E-state index in [1.165, 1.54) is 12.1 Å². The van der Waals surface area contributed by atoms with Gasteiger partial charge in [0.1, 0.15) is 0 Å². The van der Waals surface area contributed by atoms with Crippen LogP contribution in [0.25, 0.3) is 0 Å². The standard InChI is InChI=1S/C12H15N3O4/c16-14(17)11-2-1-10(8-12(11)15(18)19)7-9-3-5-13-6-4-9/h1-2,8-9,13H,3-7H2. The Morgan fingerprint density at radius 3 is 2.32 bits per heavy atom. The molecule has 2 rings (SSSR count). The number of piperidine rings is 1. The number of nitrogens with one attached hydrogen (secondary N) is 1. The minimum absolute atomic E-state index is 0.420. The third-order valence-electron chi connectivity index (χ3n) is 3.42. The maximum atomic E-state index is 10.9. The molecule has 1 aliphatic heterocycles. The normalized spacial score (nSPS) is 16.2. The molecule has 19 heavy (non-hydrogen) atoms. The molecule has 1 aromatic carbocycles. The summed E-state index contributed by atoms with van der Waals surface area (Å²) in [4.78, 5) is 20.2. The van der Waals surface area contributed by atoms with Gasteiger partial charge in [-0.3, -0.25) is 20.2 Å². The molecule has 0 aromatic heterocycles. The Morgan fingerprint density at radius 1 is 1.11 bits per heavy atom. The summed E-state index contributed by atoms with van der Waals surface area (Å²) in [7, 11) is 0. The number of rotatable bonds is 4. The maximum absolute atomic E-state index is 10.9. The second-order valence-corrected chi connectivity index (χ2v) is 4.73. The van der Waals surface area contributed by atoms with Crippen molar-refractivity contribution in [1.29, 1.82) is 0 Å². The monoisotopic (exact) mass is 265 g/mol. The molecule has 0 amide bonds. The van der Waals surface area contributed by atoms with Crippen molar-refractivity contribution >= 4 is 11.4 Å². The van der Waals surface area contributed by atoms with Gasteiger partial charge in [0.25, 0.3) is 0 Å². The highest BCUT2D eigenvalue weighted by Crippen LogP contribution is 2.29. The Bertz CT molecular complexity index is 498. The minimum Gasteiger partial charge on any atom is -0.317 e. The maximum Gasteiger partial charge on any atom is 0.346 e. The van der Waals surface area contributed by atoms with Crippen LogP contribution in [0.3, 0.4) is 0 Å². The molecule has 1 aliphatic rings. The second kappa shape index (κ2) is 5.75. The number of hydrogen-bond donors (Lipinski definition) is 1. The Hall–Kier alpha value is -2.02. The fraction of sp³-hybridized carbons (Fsp3) is 0.500. The van der Waals surface area contributed by atoms with Crippen molar-refractivity contribution in [3.05, 3.63) is 44.0 Å². The summed E-state index contributed by atoms with van der Waals surface area (Å²) in [5.74, 6) is 0.488. The van der Waals surface area contributed by atoms with Gasteiger partial charge >= 0.3 is 11.4 Å². The molecule has 0 unspecified atom stereocenters. The van der Waals surface area contributed by atoms with E-state index in [1.807, 2.05) is 0 Å². The third-order valence-corrected chi connectivity index (χ3v) is 3.42. The fourth-order valence-corrected chi connectivity index (χ4v) is 2.42. The summed E-state index contributed by atoms with van der Waals surface area (Å²) in [5, 5.41) is 24.8. The van der Waals surface area contributed by atoms with E-state index in [2.05, 4.69) is 5.32 Å². The molecule has 1 aromatic rings. The minimum atomic E-state index is -0.716. The average Bonchev–Trinajstić information content (AvgIpc) is 2.39. The molecule has 7 nitrogen and oxygen atoms in total. The Balaban J connectivity index is 2.20. The van der Waals surface area contributed by atoms with Crippen molar-refractivity contribution < 1.29 is 9.85 Å². The van der Waals surface area contributed by atoms with Crippen molar-refractivity contribution in [3.63, 3.8) is 0 Å². The van der Waals surface area contributed by atoms with E-state index in [-0.39, 0.29) is 0 Å². The molecule has 1 saturated heterocycles.